The summed E-state index contributed by atoms with van der Waals surface area (Å²) < 4.78 is 26.6. The van der Waals surface area contributed by atoms with Crippen molar-refractivity contribution < 1.29 is 13.6 Å². The highest BCUT2D eigenvalue weighted by Crippen LogP contribution is 2.38. The molecule has 4 nitrogen and oxygen atoms in total. The predicted octanol–water partition coefficient (Wildman–Crippen LogP) is 3.07. The van der Waals surface area contributed by atoms with Gasteiger partial charge in [0.05, 0.1) is 0 Å². The summed E-state index contributed by atoms with van der Waals surface area (Å²) in [5.41, 5.74) is 5.35. The number of hydrogen-bond donors (Lipinski definition) is 1. The number of rotatable bonds is 4. The first-order valence-electron chi connectivity index (χ1n) is 7.20. The van der Waals surface area contributed by atoms with Crippen LogP contribution in [-0.4, -0.2) is 29.4 Å². The summed E-state index contributed by atoms with van der Waals surface area (Å²) in [7, 11) is 1.51. The number of allylic oxidation sites excluding steroid dienone is 6. The van der Waals surface area contributed by atoms with Crippen LogP contribution in [0.3, 0.4) is 0 Å². The van der Waals surface area contributed by atoms with Crippen LogP contribution in [0.1, 0.15) is 19.8 Å². The molecule has 2 N–H and O–H groups in total. The van der Waals surface area contributed by atoms with Crippen molar-refractivity contribution in [1.82, 2.24) is 4.90 Å². The molecular formula is C17H19F2N3O. The number of carbonyl (C=O) groups is 1. The zero-order chi connectivity index (χ0) is 17.2. The fraction of sp³-hybridized carbons (Fsp3) is 0.294. The van der Waals surface area contributed by atoms with Gasteiger partial charge in [0.1, 0.15) is 11.7 Å². The maximum Gasteiger partial charge on any atom is 0.265 e. The monoisotopic (exact) mass is 319 g/mol. The predicted molar refractivity (Wildman–Crippen MR) is 86.8 cm³/mol. The zero-order valence-electron chi connectivity index (χ0n) is 13.1. The molecule has 1 heterocycles. The average molecular weight is 319 g/mol. The largest absolute Gasteiger partial charge is 0.369 e. The van der Waals surface area contributed by atoms with Gasteiger partial charge in [-0.05, 0) is 37.0 Å². The van der Waals surface area contributed by atoms with Gasteiger partial charge in [-0.25, -0.2) is 13.8 Å². The van der Waals surface area contributed by atoms with E-state index in [2.05, 4.69) is 11.6 Å². The minimum Gasteiger partial charge on any atom is -0.369 e. The number of carbonyl (C=O) groups excluding carboxylic acids is 1. The van der Waals surface area contributed by atoms with Gasteiger partial charge in [0.15, 0.2) is 11.5 Å². The highest BCUT2D eigenvalue weighted by atomic mass is 19.1. The first-order valence-corrected chi connectivity index (χ1v) is 7.20. The molecule has 0 saturated heterocycles. The van der Waals surface area contributed by atoms with Crippen molar-refractivity contribution in [2.24, 2.45) is 10.7 Å². The molecule has 23 heavy (non-hydrogen) atoms. The van der Waals surface area contributed by atoms with Gasteiger partial charge in [0.2, 0.25) is 0 Å². The van der Waals surface area contributed by atoms with Gasteiger partial charge < -0.3 is 5.73 Å². The second-order valence-corrected chi connectivity index (χ2v) is 5.49. The summed E-state index contributed by atoms with van der Waals surface area (Å²) in [4.78, 5) is 18.3. The molecule has 0 spiro atoms. The average Bonchev–Trinajstić information content (AvgIpc) is 2.72. The molecule has 0 fully saturated rings. The lowest BCUT2D eigenvalue weighted by Gasteiger charge is -2.28. The molecule has 1 atom stereocenters. The molecule has 1 aliphatic heterocycles. The van der Waals surface area contributed by atoms with Gasteiger partial charge in [-0.2, -0.15) is 0 Å². The van der Waals surface area contributed by atoms with Crippen LogP contribution in [0.25, 0.3) is 0 Å². The van der Waals surface area contributed by atoms with Crippen molar-refractivity contribution in [2.45, 2.75) is 25.3 Å². The molecule has 1 amide bonds. The number of amides is 1. The normalized spacial score (nSPS) is 25.6. The molecule has 1 unspecified atom stereocenters. The van der Waals surface area contributed by atoms with E-state index in [4.69, 9.17) is 5.73 Å². The Morgan fingerprint density at radius 2 is 2.13 bits per heavy atom. The molecule has 2 aliphatic rings. The summed E-state index contributed by atoms with van der Waals surface area (Å²) in [5.74, 6) is -2.06. The Kier molecular flexibility index (Phi) is 4.63. The van der Waals surface area contributed by atoms with E-state index >= 15 is 0 Å². The summed E-state index contributed by atoms with van der Waals surface area (Å²) in [5, 5.41) is 0. The maximum absolute atomic E-state index is 13.9. The number of aliphatic imine (C=N–C) groups is 1. The Balaban J connectivity index is 2.58. The van der Waals surface area contributed by atoms with Crippen LogP contribution in [0.2, 0.25) is 0 Å². The van der Waals surface area contributed by atoms with Gasteiger partial charge >= 0.3 is 0 Å². The molecule has 0 bridgehead atoms. The van der Waals surface area contributed by atoms with Gasteiger partial charge in [-0.1, -0.05) is 24.8 Å². The standard InChI is InChI=1S/C17H19F2N3O/c1-11(9-14(19)10-12(2)18)17(13-7-5-4-6-8-13)15(23)22(3)16(20)21-17/h5,7-10H,2,4,6H2,1,3H3,(H2,20,21). The molecule has 0 radical (unpaired) electrons. The Hall–Kier alpha value is -2.50. The number of nitrogens with two attached hydrogens (primary N) is 1. The van der Waals surface area contributed by atoms with Crippen LogP contribution < -0.4 is 5.73 Å². The number of nitrogens with zero attached hydrogens (tertiary/aromatic N) is 2. The highest BCUT2D eigenvalue weighted by molar-refractivity contribution is 6.10. The lowest BCUT2D eigenvalue weighted by Crippen LogP contribution is -2.44. The smallest absolute Gasteiger partial charge is 0.265 e. The first-order chi connectivity index (χ1) is 10.8. The molecule has 1 aliphatic carbocycles. The third-order valence-corrected chi connectivity index (χ3v) is 3.87. The summed E-state index contributed by atoms with van der Waals surface area (Å²) in [6, 6.07) is 0. The summed E-state index contributed by atoms with van der Waals surface area (Å²) in [6.07, 6.45) is 8.97. The van der Waals surface area contributed by atoms with Crippen LogP contribution in [0.5, 0.6) is 0 Å². The van der Waals surface area contributed by atoms with Crippen LogP contribution in [0, 0.1) is 0 Å². The Morgan fingerprint density at radius 1 is 1.43 bits per heavy atom. The minimum atomic E-state index is -1.40. The zero-order valence-corrected chi connectivity index (χ0v) is 13.1. The Morgan fingerprint density at radius 3 is 2.61 bits per heavy atom. The van der Waals surface area contributed by atoms with Crippen LogP contribution in [-0.2, 0) is 4.79 Å². The second kappa shape index (κ2) is 6.32. The molecule has 0 aromatic rings. The number of likely N-dealkylation sites (N-methyl/N-ethyl adjacent to an activating group) is 1. The van der Waals surface area contributed by atoms with E-state index in [1.807, 2.05) is 12.2 Å². The van der Waals surface area contributed by atoms with Crippen molar-refractivity contribution in [3.8, 4) is 0 Å². The van der Waals surface area contributed by atoms with Crippen molar-refractivity contribution in [3.05, 3.63) is 59.8 Å². The van der Waals surface area contributed by atoms with E-state index in [-0.39, 0.29) is 11.9 Å². The van der Waals surface area contributed by atoms with Crippen molar-refractivity contribution in [3.63, 3.8) is 0 Å². The number of hydrogen-bond acceptors (Lipinski definition) is 3. The second-order valence-electron chi connectivity index (χ2n) is 5.49. The molecule has 0 saturated carbocycles. The van der Waals surface area contributed by atoms with E-state index < -0.39 is 17.2 Å². The van der Waals surface area contributed by atoms with Crippen LogP contribution in [0.15, 0.2) is 64.8 Å². The number of guanidine groups is 1. The van der Waals surface area contributed by atoms with Gasteiger partial charge in [-0.15, -0.1) is 0 Å². The van der Waals surface area contributed by atoms with Crippen LogP contribution >= 0.6 is 0 Å². The van der Waals surface area contributed by atoms with E-state index in [1.165, 1.54) is 11.9 Å². The topological polar surface area (TPSA) is 58.7 Å². The highest BCUT2D eigenvalue weighted by Gasteiger charge is 2.50. The van der Waals surface area contributed by atoms with Gasteiger partial charge in [0.25, 0.3) is 5.91 Å². The molecular weight excluding hydrogens is 300 g/mol. The Labute approximate surface area is 134 Å². The van der Waals surface area contributed by atoms with Crippen molar-refractivity contribution >= 4 is 11.9 Å². The SMILES string of the molecule is C=C(F)C=C(F)C=C(C)C1(C2=CCCC=C2)N=C(N)N(C)C1=O. The lowest BCUT2D eigenvalue weighted by molar-refractivity contribution is -0.127. The summed E-state index contributed by atoms with van der Waals surface area (Å²) in [6.45, 7) is 4.56. The number of halogens is 2. The third kappa shape index (κ3) is 3.02. The van der Waals surface area contributed by atoms with E-state index in [1.54, 1.807) is 13.0 Å². The Bertz CT molecular complexity index is 701. The maximum atomic E-state index is 13.9. The van der Waals surface area contributed by atoms with E-state index in [9.17, 15) is 13.6 Å². The molecule has 0 aromatic heterocycles. The van der Waals surface area contributed by atoms with Gasteiger partial charge in [0, 0.05) is 13.1 Å². The molecule has 2 rings (SSSR count). The van der Waals surface area contributed by atoms with Crippen molar-refractivity contribution in [1.29, 1.82) is 0 Å². The quantitative estimate of drug-likeness (QED) is 0.810. The third-order valence-electron chi connectivity index (χ3n) is 3.87. The molecule has 122 valence electrons. The fourth-order valence-corrected chi connectivity index (χ4v) is 2.70. The fourth-order valence-electron chi connectivity index (χ4n) is 2.70. The van der Waals surface area contributed by atoms with Gasteiger partial charge in [-0.3, -0.25) is 9.69 Å². The summed E-state index contributed by atoms with van der Waals surface area (Å²) >= 11 is 0. The minimum absolute atomic E-state index is 0.0573. The van der Waals surface area contributed by atoms with E-state index in [0.29, 0.717) is 17.2 Å². The van der Waals surface area contributed by atoms with Crippen molar-refractivity contribution in [2.75, 3.05) is 7.05 Å². The molecule has 6 heteroatoms. The van der Waals surface area contributed by atoms with Crippen LogP contribution in [0.4, 0.5) is 8.78 Å². The van der Waals surface area contributed by atoms with E-state index in [0.717, 1.165) is 18.9 Å². The lowest BCUT2D eigenvalue weighted by atomic mass is 9.80. The first kappa shape index (κ1) is 16.9. The molecule has 0 aromatic carbocycles.